The Hall–Kier alpha value is -2.26. The fraction of sp³-hybridized carbons (Fsp3) is 0.333. The van der Waals surface area contributed by atoms with Gasteiger partial charge in [-0.15, -0.1) is 5.10 Å². The summed E-state index contributed by atoms with van der Waals surface area (Å²) in [6.45, 7) is 2.04. The summed E-state index contributed by atoms with van der Waals surface area (Å²) in [5, 5.41) is 21.4. The first kappa shape index (κ1) is 15.1. The zero-order chi connectivity index (χ0) is 15.1. The predicted molar refractivity (Wildman–Crippen MR) is 82.3 cm³/mol. The van der Waals surface area contributed by atoms with Crippen molar-refractivity contribution in [3.63, 3.8) is 0 Å². The molecule has 1 aromatic heterocycles. The van der Waals surface area contributed by atoms with Crippen molar-refractivity contribution in [2.75, 3.05) is 7.05 Å². The van der Waals surface area contributed by atoms with E-state index in [0.717, 1.165) is 6.42 Å². The van der Waals surface area contributed by atoms with Crippen molar-refractivity contribution in [1.82, 2.24) is 25.1 Å². The second kappa shape index (κ2) is 6.95. The zero-order valence-electron chi connectivity index (χ0n) is 11.8. The molecule has 0 radical (unpaired) electrons. The number of nitrogens with zero attached hydrogens (tertiary/aromatic N) is 5. The Morgan fingerprint density at radius 3 is 3.05 bits per heavy atom. The van der Waals surface area contributed by atoms with E-state index in [-0.39, 0.29) is 0 Å². The normalized spacial score (nSPS) is 22.9. The summed E-state index contributed by atoms with van der Waals surface area (Å²) in [7, 11) is 1.73. The first-order valence-corrected chi connectivity index (χ1v) is 7.19. The van der Waals surface area contributed by atoms with Crippen LogP contribution in [0.3, 0.4) is 0 Å². The number of rotatable bonds is 2. The standard InChI is InChI=1S/C10H15N5O.C2H2N2S/c1-3-4-5-11-9-12-6-8-10(16,15(9)2)14-7-13-8;1-2-5-4-3-1/h4-7,16H,3H2,1-2H3,(H,11,12)(H,13,14);1-2H/b5-4+;. The van der Waals surface area contributed by atoms with Crippen molar-refractivity contribution in [1.29, 1.82) is 0 Å². The van der Waals surface area contributed by atoms with E-state index >= 15 is 0 Å². The number of guanidine groups is 1. The van der Waals surface area contributed by atoms with Crippen LogP contribution in [0.5, 0.6) is 0 Å². The van der Waals surface area contributed by atoms with Crippen LogP contribution in [0.15, 0.2) is 45.7 Å². The Kier molecular flexibility index (Phi) is 5.01. The molecule has 2 aliphatic rings. The molecule has 0 saturated carbocycles. The van der Waals surface area contributed by atoms with Crippen LogP contribution in [0, 0.1) is 0 Å². The van der Waals surface area contributed by atoms with Gasteiger partial charge in [0.2, 0.25) is 5.96 Å². The van der Waals surface area contributed by atoms with Gasteiger partial charge in [0, 0.05) is 12.4 Å². The van der Waals surface area contributed by atoms with Gasteiger partial charge in [0.05, 0.1) is 18.7 Å². The second-order valence-electron chi connectivity index (χ2n) is 4.14. The number of likely N-dealkylation sites (N-methyl/N-ethyl adjacent to an activating group) is 1. The molecule has 0 aromatic carbocycles. The Labute approximate surface area is 126 Å². The van der Waals surface area contributed by atoms with E-state index in [9.17, 15) is 5.11 Å². The number of fused-ring (bicyclic) bond motifs is 1. The van der Waals surface area contributed by atoms with E-state index in [4.69, 9.17) is 0 Å². The first-order valence-electron chi connectivity index (χ1n) is 6.36. The third-order valence-electron chi connectivity index (χ3n) is 2.78. The summed E-state index contributed by atoms with van der Waals surface area (Å²) in [5.41, 5.74) is 0.556. The molecule has 3 heterocycles. The topological polar surface area (TPSA) is 98.0 Å². The molecule has 0 aliphatic carbocycles. The number of aliphatic hydroxyl groups is 1. The van der Waals surface area contributed by atoms with Crippen molar-refractivity contribution >= 4 is 23.8 Å². The predicted octanol–water partition coefficient (Wildman–Crippen LogP) is 0.458. The average Bonchev–Trinajstić information content (AvgIpc) is 3.15. The maximum absolute atomic E-state index is 10.3. The number of nitrogens with one attached hydrogen (secondary N) is 2. The molecule has 3 N–H and O–H groups in total. The summed E-state index contributed by atoms with van der Waals surface area (Å²) < 4.78 is 3.51. The van der Waals surface area contributed by atoms with Gasteiger partial charge in [-0.1, -0.05) is 17.5 Å². The van der Waals surface area contributed by atoms with Crippen molar-refractivity contribution in [3.8, 4) is 0 Å². The molecule has 0 amide bonds. The quantitative estimate of drug-likeness (QED) is 0.734. The van der Waals surface area contributed by atoms with Crippen LogP contribution in [0.2, 0.25) is 0 Å². The zero-order valence-corrected chi connectivity index (χ0v) is 12.6. The van der Waals surface area contributed by atoms with E-state index in [0.29, 0.717) is 11.7 Å². The minimum absolute atomic E-state index is 0.553. The maximum Gasteiger partial charge on any atom is 0.285 e. The van der Waals surface area contributed by atoms with Crippen LogP contribution in [-0.4, -0.2) is 44.8 Å². The highest BCUT2D eigenvalue weighted by Gasteiger charge is 2.42. The molecule has 1 unspecified atom stereocenters. The molecule has 2 aliphatic heterocycles. The summed E-state index contributed by atoms with van der Waals surface area (Å²) in [6, 6.07) is 0. The van der Waals surface area contributed by atoms with Crippen molar-refractivity contribution in [3.05, 3.63) is 35.7 Å². The number of aromatic nitrogens is 2. The molecule has 112 valence electrons. The van der Waals surface area contributed by atoms with Gasteiger partial charge in [0.1, 0.15) is 5.70 Å². The largest absolute Gasteiger partial charge is 0.348 e. The van der Waals surface area contributed by atoms with E-state index < -0.39 is 5.85 Å². The van der Waals surface area contributed by atoms with E-state index in [1.807, 2.05) is 18.4 Å². The van der Waals surface area contributed by atoms with Crippen LogP contribution in [0.4, 0.5) is 0 Å². The molecule has 1 aromatic rings. The van der Waals surface area contributed by atoms with Gasteiger partial charge in [-0.05, 0) is 24.2 Å². The van der Waals surface area contributed by atoms with Gasteiger partial charge in [0.25, 0.3) is 5.85 Å². The number of allylic oxidation sites excluding steroid dienone is 1. The Morgan fingerprint density at radius 1 is 1.57 bits per heavy atom. The summed E-state index contributed by atoms with van der Waals surface area (Å²) in [5.74, 6) is -0.804. The lowest BCUT2D eigenvalue weighted by molar-refractivity contribution is -0.0156. The first-order chi connectivity index (χ1) is 10.2. The lowest BCUT2D eigenvalue weighted by Gasteiger charge is -2.35. The molecule has 0 spiro atoms. The minimum atomic E-state index is -1.36. The summed E-state index contributed by atoms with van der Waals surface area (Å²) >= 11 is 1.35. The summed E-state index contributed by atoms with van der Waals surface area (Å²) in [4.78, 5) is 9.74. The molecule has 9 heteroatoms. The van der Waals surface area contributed by atoms with E-state index in [1.165, 1.54) is 17.9 Å². The minimum Gasteiger partial charge on any atom is -0.348 e. The monoisotopic (exact) mass is 307 g/mol. The van der Waals surface area contributed by atoms with E-state index in [2.05, 4.69) is 30.2 Å². The molecule has 1 atom stereocenters. The molecular weight excluding hydrogens is 290 g/mol. The van der Waals surface area contributed by atoms with Crippen LogP contribution in [-0.2, 0) is 0 Å². The van der Waals surface area contributed by atoms with Crippen LogP contribution >= 0.6 is 11.5 Å². The van der Waals surface area contributed by atoms with Crippen LogP contribution in [0.1, 0.15) is 13.3 Å². The Morgan fingerprint density at radius 2 is 2.43 bits per heavy atom. The van der Waals surface area contributed by atoms with Crippen LogP contribution < -0.4 is 10.6 Å². The lowest BCUT2D eigenvalue weighted by Crippen LogP contribution is -2.54. The number of aliphatic imine (C=N–C) groups is 2. The molecule has 21 heavy (non-hydrogen) atoms. The van der Waals surface area contributed by atoms with Gasteiger partial charge >= 0.3 is 0 Å². The lowest BCUT2D eigenvalue weighted by atomic mass is 10.2. The van der Waals surface area contributed by atoms with Gasteiger partial charge in [-0.2, -0.15) is 0 Å². The van der Waals surface area contributed by atoms with Crippen molar-refractivity contribution in [2.45, 2.75) is 19.2 Å². The highest BCUT2D eigenvalue weighted by atomic mass is 32.1. The SMILES string of the molecule is CC/C=C/NC1=NC=C2NC=NC2(O)N1C.c1csnn1. The Balaban J connectivity index is 0.000000272. The maximum atomic E-state index is 10.3. The van der Waals surface area contributed by atoms with Gasteiger partial charge < -0.3 is 15.7 Å². The summed E-state index contributed by atoms with van der Waals surface area (Å²) in [6.07, 6.45) is 9.39. The molecule has 8 nitrogen and oxygen atoms in total. The number of hydrogen-bond donors (Lipinski definition) is 3. The van der Waals surface area contributed by atoms with Gasteiger partial charge in [-0.25, -0.2) is 9.98 Å². The third-order valence-corrected chi connectivity index (χ3v) is 3.21. The molecular formula is C12H17N7OS. The highest BCUT2D eigenvalue weighted by molar-refractivity contribution is 7.03. The molecule has 0 bridgehead atoms. The highest BCUT2D eigenvalue weighted by Crippen LogP contribution is 2.26. The van der Waals surface area contributed by atoms with Crippen LogP contribution in [0.25, 0.3) is 0 Å². The van der Waals surface area contributed by atoms with E-state index in [1.54, 1.807) is 30.5 Å². The molecule has 0 fully saturated rings. The smallest absolute Gasteiger partial charge is 0.285 e. The number of hydrogen-bond acceptors (Lipinski definition) is 9. The van der Waals surface area contributed by atoms with Gasteiger partial charge in [0.15, 0.2) is 0 Å². The van der Waals surface area contributed by atoms with Crippen molar-refractivity contribution < 1.29 is 5.11 Å². The fourth-order valence-corrected chi connectivity index (χ4v) is 1.90. The average molecular weight is 307 g/mol. The van der Waals surface area contributed by atoms with Crippen molar-refractivity contribution in [2.24, 2.45) is 9.98 Å². The van der Waals surface area contributed by atoms with Gasteiger partial charge in [-0.3, -0.25) is 4.90 Å². The molecule has 3 rings (SSSR count). The fourth-order valence-electron chi connectivity index (χ4n) is 1.63. The Bertz CT molecular complexity index is 549. The second-order valence-corrected chi connectivity index (χ2v) is 4.78. The molecule has 0 saturated heterocycles. The third kappa shape index (κ3) is 3.44.